The summed E-state index contributed by atoms with van der Waals surface area (Å²) in [5.41, 5.74) is 0.768. The zero-order valence-corrected chi connectivity index (χ0v) is 12.5. The normalized spacial score (nSPS) is 14.2. The third-order valence-corrected chi connectivity index (χ3v) is 6.18. The Morgan fingerprint density at radius 2 is 2.06 bits per heavy atom. The van der Waals surface area contributed by atoms with E-state index >= 15 is 0 Å². The molecule has 0 spiro atoms. The van der Waals surface area contributed by atoms with E-state index in [1.807, 2.05) is 30.3 Å². The number of para-hydroxylation sites is 1. The van der Waals surface area contributed by atoms with Gasteiger partial charge in [0.05, 0.1) is 6.04 Å². The van der Waals surface area contributed by atoms with E-state index in [1.165, 1.54) is 4.31 Å². The number of hydrogen-bond donors (Lipinski definition) is 0. The molecule has 2 rings (SSSR count). The van der Waals surface area contributed by atoms with Gasteiger partial charge in [-0.3, -0.25) is 0 Å². The van der Waals surface area contributed by atoms with Crippen molar-refractivity contribution in [3.63, 3.8) is 0 Å². The highest BCUT2D eigenvalue weighted by molar-refractivity contribution is 9.10. The van der Waals surface area contributed by atoms with Crippen LogP contribution < -0.4 is 0 Å². The molecular formula is C12H14BrNO3S. The van der Waals surface area contributed by atoms with Gasteiger partial charge < -0.3 is 4.42 Å². The van der Waals surface area contributed by atoms with Gasteiger partial charge in [-0.15, -0.1) is 0 Å². The summed E-state index contributed by atoms with van der Waals surface area (Å²) >= 11 is 2.99. The van der Waals surface area contributed by atoms with Crippen molar-refractivity contribution in [1.29, 1.82) is 0 Å². The summed E-state index contributed by atoms with van der Waals surface area (Å²) in [5.74, 6) is 0.642. The lowest BCUT2D eigenvalue weighted by Crippen LogP contribution is -2.30. The maximum absolute atomic E-state index is 11.8. The number of alkyl halides is 1. The van der Waals surface area contributed by atoms with E-state index in [9.17, 15) is 8.42 Å². The summed E-state index contributed by atoms with van der Waals surface area (Å²) < 4.78 is 30.4. The predicted molar refractivity (Wildman–Crippen MR) is 75.1 cm³/mol. The Bertz CT molecular complexity index is 617. The van der Waals surface area contributed by atoms with Crippen LogP contribution in [0.15, 0.2) is 34.7 Å². The van der Waals surface area contributed by atoms with Gasteiger partial charge in [0, 0.05) is 12.4 Å². The highest BCUT2D eigenvalue weighted by atomic mass is 79.9. The number of rotatable bonds is 4. The molecule has 1 atom stereocenters. The second kappa shape index (κ2) is 5.03. The number of sulfonamides is 1. The second-order valence-electron chi connectivity index (χ2n) is 4.10. The first-order valence-corrected chi connectivity index (χ1v) is 8.19. The predicted octanol–water partition coefficient (Wildman–Crippen LogP) is 3.11. The smallest absolute Gasteiger partial charge is 0.224 e. The lowest BCUT2D eigenvalue weighted by Gasteiger charge is -2.21. The zero-order chi connectivity index (χ0) is 13.3. The summed E-state index contributed by atoms with van der Waals surface area (Å²) in [7, 11) is -1.74. The summed E-state index contributed by atoms with van der Waals surface area (Å²) in [6.07, 6.45) is 0. The first-order chi connectivity index (χ1) is 8.45. The van der Waals surface area contributed by atoms with Crippen LogP contribution in [0.1, 0.15) is 18.7 Å². The van der Waals surface area contributed by atoms with Crippen molar-refractivity contribution >= 4 is 36.9 Å². The van der Waals surface area contributed by atoms with Crippen LogP contribution in [0, 0.1) is 0 Å². The molecule has 0 N–H and O–H groups in total. The van der Waals surface area contributed by atoms with Crippen LogP contribution in [-0.4, -0.2) is 24.4 Å². The van der Waals surface area contributed by atoms with Gasteiger partial charge in [0.2, 0.25) is 10.0 Å². The first kappa shape index (κ1) is 13.6. The summed E-state index contributed by atoms with van der Waals surface area (Å²) in [6, 6.07) is 9.16. The Morgan fingerprint density at radius 3 is 2.67 bits per heavy atom. The largest absolute Gasteiger partial charge is 0.459 e. The molecule has 1 unspecified atom stereocenters. The van der Waals surface area contributed by atoms with Crippen LogP contribution >= 0.6 is 15.9 Å². The van der Waals surface area contributed by atoms with E-state index < -0.39 is 10.0 Å². The SMILES string of the molecule is CC(c1cc2ccccc2o1)N(C)S(=O)(=O)CBr. The van der Waals surface area contributed by atoms with Gasteiger partial charge in [0.15, 0.2) is 0 Å². The quantitative estimate of drug-likeness (QED) is 0.809. The van der Waals surface area contributed by atoms with E-state index in [1.54, 1.807) is 14.0 Å². The zero-order valence-electron chi connectivity index (χ0n) is 10.1. The standard InChI is InChI=1S/C12H14BrNO3S/c1-9(14(2)18(15,16)8-13)12-7-10-5-3-4-6-11(10)17-12/h3-7,9H,8H2,1-2H3. The van der Waals surface area contributed by atoms with Crippen molar-refractivity contribution in [2.24, 2.45) is 0 Å². The minimum absolute atomic E-state index is 0.0962. The summed E-state index contributed by atoms with van der Waals surface area (Å²) in [6.45, 7) is 1.80. The van der Waals surface area contributed by atoms with Crippen LogP contribution in [0.4, 0.5) is 0 Å². The Morgan fingerprint density at radius 1 is 1.39 bits per heavy atom. The molecule has 1 aromatic heterocycles. The first-order valence-electron chi connectivity index (χ1n) is 5.46. The molecule has 2 aromatic rings. The Kier molecular flexibility index (Phi) is 3.79. The third kappa shape index (κ3) is 2.46. The fourth-order valence-corrected chi connectivity index (χ4v) is 3.41. The Hall–Kier alpha value is -0.850. The van der Waals surface area contributed by atoms with E-state index in [-0.39, 0.29) is 10.7 Å². The molecule has 0 saturated carbocycles. The monoisotopic (exact) mass is 331 g/mol. The molecule has 0 aliphatic carbocycles. The molecule has 0 saturated heterocycles. The third-order valence-electron chi connectivity index (χ3n) is 2.98. The number of fused-ring (bicyclic) bond motifs is 1. The van der Waals surface area contributed by atoms with E-state index in [0.717, 1.165) is 11.0 Å². The van der Waals surface area contributed by atoms with Crippen molar-refractivity contribution in [1.82, 2.24) is 4.31 Å². The lowest BCUT2D eigenvalue weighted by atomic mass is 10.2. The van der Waals surface area contributed by atoms with Crippen molar-refractivity contribution in [3.8, 4) is 0 Å². The molecule has 0 radical (unpaired) electrons. The van der Waals surface area contributed by atoms with Crippen LogP contribution in [0.25, 0.3) is 11.0 Å². The number of benzene rings is 1. The van der Waals surface area contributed by atoms with Gasteiger partial charge in [0.1, 0.15) is 16.0 Å². The number of halogens is 1. The topological polar surface area (TPSA) is 50.5 Å². The van der Waals surface area contributed by atoms with Gasteiger partial charge in [-0.1, -0.05) is 34.1 Å². The number of hydrogen-bond acceptors (Lipinski definition) is 3. The maximum Gasteiger partial charge on any atom is 0.224 e. The molecule has 6 heteroatoms. The molecule has 18 heavy (non-hydrogen) atoms. The highest BCUT2D eigenvalue weighted by Crippen LogP contribution is 2.28. The van der Waals surface area contributed by atoms with Crippen LogP contribution in [0.5, 0.6) is 0 Å². The Balaban J connectivity index is 2.36. The molecule has 0 aliphatic heterocycles. The van der Waals surface area contributed by atoms with Gasteiger partial charge in [0.25, 0.3) is 0 Å². The average molecular weight is 332 g/mol. The number of nitrogens with zero attached hydrogens (tertiary/aromatic N) is 1. The van der Waals surface area contributed by atoms with Gasteiger partial charge in [-0.2, -0.15) is 4.31 Å². The van der Waals surface area contributed by atoms with Crippen LogP contribution in [0.2, 0.25) is 0 Å². The fraction of sp³-hybridized carbons (Fsp3) is 0.333. The van der Waals surface area contributed by atoms with Crippen LogP contribution in [0.3, 0.4) is 0 Å². The number of furan rings is 1. The molecule has 0 amide bonds. The van der Waals surface area contributed by atoms with E-state index in [4.69, 9.17) is 4.42 Å². The van der Waals surface area contributed by atoms with Crippen LogP contribution in [-0.2, 0) is 10.0 Å². The molecule has 0 bridgehead atoms. The van der Waals surface area contributed by atoms with Crippen molar-refractivity contribution < 1.29 is 12.8 Å². The molecule has 1 heterocycles. The molecular weight excluding hydrogens is 318 g/mol. The minimum atomic E-state index is -3.29. The van der Waals surface area contributed by atoms with Crippen molar-refractivity contribution in [2.45, 2.75) is 13.0 Å². The molecule has 4 nitrogen and oxygen atoms in total. The highest BCUT2D eigenvalue weighted by Gasteiger charge is 2.25. The molecule has 0 fully saturated rings. The van der Waals surface area contributed by atoms with Gasteiger partial charge >= 0.3 is 0 Å². The lowest BCUT2D eigenvalue weighted by molar-refractivity contribution is 0.350. The van der Waals surface area contributed by atoms with Gasteiger partial charge in [-0.25, -0.2) is 8.42 Å². The molecule has 0 aliphatic rings. The van der Waals surface area contributed by atoms with E-state index in [0.29, 0.717) is 5.76 Å². The second-order valence-corrected chi connectivity index (χ2v) is 7.43. The minimum Gasteiger partial charge on any atom is -0.459 e. The molecule has 98 valence electrons. The maximum atomic E-state index is 11.8. The molecule has 1 aromatic carbocycles. The summed E-state index contributed by atoms with van der Waals surface area (Å²) in [4.78, 5) is 0. The van der Waals surface area contributed by atoms with Crippen molar-refractivity contribution in [3.05, 3.63) is 36.1 Å². The Labute approximate surface area is 115 Å². The fourth-order valence-electron chi connectivity index (χ4n) is 1.71. The van der Waals surface area contributed by atoms with Gasteiger partial charge in [-0.05, 0) is 19.1 Å². The van der Waals surface area contributed by atoms with E-state index in [2.05, 4.69) is 15.9 Å². The average Bonchev–Trinajstić information content (AvgIpc) is 2.80. The summed E-state index contributed by atoms with van der Waals surface area (Å²) in [5, 5.41) is 0.976. The van der Waals surface area contributed by atoms with Crippen molar-refractivity contribution in [2.75, 3.05) is 11.7 Å².